The number of para-hydroxylation sites is 1. The van der Waals surface area contributed by atoms with E-state index in [0.717, 1.165) is 33.9 Å². The minimum Gasteiger partial charge on any atom is -0.296 e. The predicted octanol–water partition coefficient (Wildman–Crippen LogP) is 8.00. The van der Waals surface area contributed by atoms with Crippen LogP contribution in [0, 0.1) is 6.92 Å². The number of nitrogens with zero attached hydrogens (tertiary/aromatic N) is 2. The van der Waals surface area contributed by atoms with Crippen molar-refractivity contribution in [1.29, 1.82) is 0 Å². The molecular weight excluding hydrogens is 524 g/mol. The zero-order chi connectivity index (χ0) is 28.2. The summed E-state index contributed by atoms with van der Waals surface area (Å²) in [5.41, 5.74) is 5.88. The number of hydrogen-bond donors (Lipinski definition) is 0. The molecule has 1 heterocycles. The quantitative estimate of drug-likeness (QED) is 0.192. The SMILES string of the molecule is Cc1ccc(S(=O)(=O)C(c2ccccc2)c2nc(Cc3ccccc3)n(-c3ccccc3)c2-c2ccccc2)cc1. The zero-order valence-corrected chi connectivity index (χ0v) is 23.6. The van der Waals surface area contributed by atoms with Crippen molar-refractivity contribution in [2.45, 2.75) is 23.5 Å². The van der Waals surface area contributed by atoms with Crippen LogP contribution in [0.25, 0.3) is 16.9 Å². The van der Waals surface area contributed by atoms with E-state index in [9.17, 15) is 8.42 Å². The highest BCUT2D eigenvalue weighted by Gasteiger charge is 2.37. The number of aryl methyl sites for hydroxylation is 1. The third-order valence-corrected chi connectivity index (χ3v) is 9.30. The van der Waals surface area contributed by atoms with Crippen LogP contribution in [0.3, 0.4) is 0 Å². The number of imidazole rings is 1. The molecule has 202 valence electrons. The van der Waals surface area contributed by atoms with E-state index in [0.29, 0.717) is 17.7 Å². The fourth-order valence-corrected chi connectivity index (χ4v) is 7.03. The van der Waals surface area contributed by atoms with Crippen molar-refractivity contribution in [2.24, 2.45) is 0 Å². The normalized spacial score (nSPS) is 12.2. The molecular formula is C36H30N2O2S. The fourth-order valence-electron chi connectivity index (χ4n) is 5.27. The molecule has 0 spiro atoms. The minimum absolute atomic E-state index is 0.273. The maximum absolute atomic E-state index is 14.6. The molecule has 0 bridgehead atoms. The third-order valence-electron chi connectivity index (χ3n) is 7.25. The third kappa shape index (κ3) is 5.37. The van der Waals surface area contributed by atoms with E-state index in [1.54, 1.807) is 12.1 Å². The van der Waals surface area contributed by atoms with Gasteiger partial charge in [0, 0.05) is 17.7 Å². The molecule has 6 aromatic rings. The summed E-state index contributed by atoms with van der Waals surface area (Å²) in [4.78, 5) is 5.50. The van der Waals surface area contributed by atoms with Crippen LogP contribution in [0.1, 0.15) is 33.5 Å². The summed E-state index contributed by atoms with van der Waals surface area (Å²) >= 11 is 0. The van der Waals surface area contributed by atoms with Crippen molar-refractivity contribution < 1.29 is 8.42 Å². The summed E-state index contributed by atoms with van der Waals surface area (Å²) in [5.74, 6) is 0.774. The van der Waals surface area contributed by atoms with Gasteiger partial charge in [-0.1, -0.05) is 127 Å². The molecule has 1 atom stereocenters. The van der Waals surface area contributed by atoms with E-state index >= 15 is 0 Å². The molecule has 4 nitrogen and oxygen atoms in total. The molecule has 6 rings (SSSR count). The van der Waals surface area contributed by atoms with Crippen LogP contribution in [0.5, 0.6) is 0 Å². The summed E-state index contributed by atoms with van der Waals surface area (Å²) in [5, 5.41) is -1.01. The van der Waals surface area contributed by atoms with Gasteiger partial charge in [0.05, 0.1) is 16.3 Å². The van der Waals surface area contributed by atoms with Crippen LogP contribution in [0.2, 0.25) is 0 Å². The molecule has 0 N–H and O–H groups in total. The predicted molar refractivity (Wildman–Crippen MR) is 165 cm³/mol. The van der Waals surface area contributed by atoms with Gasteiger partial charge >= 0.3 is 0 Å². The summed E-state index contributed by atoms with van der Waals surface area (Å²) in [7, 11) is -3.89. The van der Waals surface area contributed by atoms with E-state index in [1.165, 1.54) is 0 Å². The summed E-state index contributed by atoms with van der Waals surface area (Å²) in [6.07, 6.45) is 0.543. The lowest BCUT2D eigenvalue weighted by Gasteiger charge is -2.20. The van der Waals surface area contributed by atoms with E-state index in [1.807, 2.05) is 128 Å². The number of rotatable bonds is 8. The smallest absolute Gasteiger partial charge is 0.191 e. The molecule has 0 amide bonds. The van der Waals surface area contributed by atoms with Crippen LogP contribution < -0.4 is 0 Å². The zero-order valence-electron chi connectivity index (χ0n) is 22.8. The largest absolute Gasteiger partial charge is 0.296 e. The Morgan fingerprint density at radius 1 is 0.659 bits per heavy atom. The number of sulfone groups is 1. The Labute approximate surface area is 241 Å². The maximum atomic E-state index is 14.6. The van der Waals surface area contributed by atoms with Gasteiger partial charge in [0.2, 0.25) is 0 Å². The Hall–Kier alpha value is -4.74. The number of aromatic nitrogens is 2. The molecule has 1 aromatic heterocycles. The fraction of sp³-hybridized carbons (Fsp3) is 0.0833. The maximum Gasteiger partial charge on any atom is 0.191 e. The highest BCUT2D eigenvalue weighted by Crippen LogP contribution is 2.41. The minimum atomic E-state index is -3.89. The van der Waals surface area contributed by atoms with E-state index in [4.69, 9.17) is 4.98 Å². The Kier molecular flexibility index (Phi) is 7.36. The van der Waals surface area contributed by atoms with Gasteiger partial charge in [0.25, 0.3) is 0 Å². The number of hydrogen-bond acceptors (Lipinski definition) is 3. The average molecular weight is 555 g/mol. The van der Waals surface area contributed by atoms with Crippen molar-refractivity contribution in [3.63, 3.8) is 0 Å². The second kappa shape index (κ2) is 11.4. The second-order valence-electron chi connectivity index (χ2n) is 10.1. The van der Waals surface area contributed by atoms with Crippen molar-refractivity contribution >= 4 is 9.84 Å². The van der Waals surface area contributed by atoms with E-state index in [-0.39, 0.29) is 4.90 Å². The molecule has 5 aromatic carbocycles. The van der Waals surface area contributed by atoms with Crippen LogP contribution in [0.4, 0.5) is 0 Å². The van der Waals surface area contributed by atoms with Gasteiger partial charge in [-0.2, -0.15) is 0 Å². The highest BCUT2D eigenvalue weighted by atomic mass is 32.2. The molecule has 0 aliphatic carbocycles. The molecule has 0 radical (unpaired) electrons. The molecule has 41 heavy (non-hydrogen) atoms. The van der Waals surface area contributed by atoms with E-state index < -0.39 is 15.1 Å². The van der Waals surface area contributed by atoms with Gasteiger partial charge < -0.3 is 0 Å². The van der Waals surface area contributed by atoms with Gasteiger partial charge in [-0.25, -0.2) is 13.4 Å². The first kappa shape index (κ1) is 26.5. The first-order chi connectivity index (χ1) is 20.0. The van der Waals surface area contributed by atoms with Crippen molar-refractivity contribution in [1.82, 2.24) is 9.55 Å². The molecule has 0 aliphatic rings. The molecule has 0 saturated carbocycles. The molecule has 0 fully saturated rings. The lowest BCUT2D eigenvalue weighted by molar-refractivity contribution is 0.588. The van der Waals surface area contributed by atoms with Crippen LogP contribution >= 0.6 is 0 Å². The van der Waals surface area contributed by atoms with Crippen molar-refractivity contribution in [3.05, 3.63) is 174 Å². The van der Waals surface area contributed by atoms with Crippen molar-refractivity contribution in [2.75, 3.05) is 0 Å². The highest BCUT2D eigenvalue weighted by molar-refractivity contribution is 7.92. The summed E-state index contributed by atoms with van der Waals surface area (Å²) in [6.45, 7) is 1.95. The van der Waals surface area contributed by atoms with Gasteiger partial charge in [0.1, 0.15) is 11.1 Å². The lowest BCUT2D eigenvalue weighted by Crippen LogP contribution is -2.17. The Morgan fingerprint density at radius 2 is 1.20 bits per heavy atom. The Morgan fingerprint density at radius 3 is 1.80 bits per heavy atom. The second-order valence-corrected chi connectivity index (χ2v) is 12.1. The van der Waals surface area contributed by atoms with Crippen LogP contribution in [0.15, 0.2) is 150 Å². The number of benzene rings is 5. The van der Waals surface area contributed by atoms with Gasteiger partial charge in [-0.3, -0.25) is 4.57 Å². The van der Waals surface area contributed by atoms with Gasteiger partial charge in [-0.05, 0) is 42.3 Å². The van der Waals surface area contributed by atoms with Gasteiger partial charge in [-0.15, -0.1) is 0 Å². The molecule has 1 unspecified atom stereocenters. The van der Waals surface area contributed by atoms with Crippen LogP contribution in [-0.2, 0) is 16.3 Å². The Bertz CT molecular complexity index is 1850. The molecule has 0 aliphatic heterocycles. The molecule has 0 saturated heterocycles. The first-order valence-corrected chi connectivity index (χ1v) is 15.2. The van der Waals surface area contributed by atoms with Crippen molar-refractivity contribution in [3.8, 4) is 16.9 Å². The topological polar surface area (TPSA) is 52.0 Å². The molecule has 5 heteroatoms. The average Bonchev–Trinajstić information content (AvgIpc) is 3.37. The standard InChI is InChI=1S/C36H30N2O2S/c1-27-22-24-32(25-23-27)41(39,40)36(30-18-10-4-11-19-30)34-35(29-16-8-3-9-17-29)38(31-20-12-5-13-21-31)33(37-34)26-28-14-6-2-7-15-28/h2-25,36H,26H2,1H3. The van der Waals surface area contributed by atoms with Gasteiger partial charge in [0.15, 0.2) is 9.84 Å². The first-order valence-electron chi connectivity index (χ1n) is 13.6. The Balaban J connectivity index is 1.68. The summed E-state index contributed by atoms with van der Waals surface area (Å²) in [6, 6.07) is 46.7. The van der Waals surface area contributed by atoms with Crippen LogP contribution in [-0.4, -0.2) is 18.0 Å². The monoisotopic (exact) mass is 554 g/mol. The lowest BCUT2D eigenvalue weighted by atomic mass is 10.0. The summed E-state index contributed by atoms with van der Waals surface area (Å²) < 4.78 is 31.3. The van der Waals surface area contributed by atoms with E-state index in [2.05, 4.69) is 16.7 Å².